The molecule has 0 aliphatic rings. The van der Waals surface area contributed by atoms with Crippen LogP contribution in [0.1, 0.15) is 0 Å². The lowest BCUT2D eigenvalue weighted by atomic mass is 9.93. The van der Waals surface area contributed by atoms with Crippen molar-refractivity contribution in [1.29, 1.82) is 0 Å². The molecular weight excluding hydrogens is 542 g/mol. The smallest absolute Gasteiger partial charge is 0.0546 e. The Morgan fingerprint density at radius 3 is 1.44 bits per heavy atom. The first-order chi connectivity index (χ1) is 22.3. The molecule has 212 valence electrons. The Kier molecular flexibility index (Phi) is 6.90. The first-order valence-electron chi connectivity index (χ1n) is 15.4. The van der Waals surface area contributed by atoms with E-state index < -0.39 is 0 Å². The molecule has 0 aromatic heterocycles. The summed E-state index contributed by atoms with van der Waals surface area (Å²) in [5, 5.41) is 5.00. The minimum atomic E-state index is 1.11. The molecule has 0 N–H and O–H groups in total. The van der Waals surface area contributed by atoms with Crippen molar-refractivity contribution in [2.24, 2.45) is 0 Å². The summed E-state index contributed by atoms with van der Waals surface area (Å²) >= 11 is 0. The van der Waals surface area contributed by atoms with Gasteiger partial charge < -0.3 is 4.90 Å². The average molecular weight is 574 g/mol. The second-order valence-electron chi connectivity index (χ2n) is 11.4. The van der Waals surface area contributed by atoms with E-state index in [-0.39, 0.29) is 0 Å². The summed E-state index contributed by atoms with van der Waals surface area (Å²) in [6, 6.07) is 67.7. The van der Waals surface area contributed by atoms with Crippen LogP contribution < -0.4 is 4.90 Å². The summed E-state index contributed by atoms with van der Waals surface area (Å²) in [4.78, 5) is 2.41. The van der Waals surface area contributed by atoms with E-state index in [1.165, 1.54) is 54.9 Å². The van der Waals surface area contributed by atoms with Crippen LogP contribution in [0.4, 0.5) is 17.1 Å². The number of fused-ring (bicyclic) bond motifs is 2. The topological polar surface area (TPSA) is 3.24 Å². The third-order valence-electron chi connectivity index (χ3n) is 8.64. The quantitative estimate of drug-likeness (QED) is 0.191. The molecule has 0 bridgehead atoms. The minimum Gasteiger partial charge on any atom is -0.310 e. The van der Waals surface area contributed by atoms with E-state index in [1.807, 2.05) is 0 Å². The molecule has 0 radical (unpaired) electrons. The number of hydrogen-bond acceptors (Lipinski definition) is 1. The van der Waals surface area contributed by atoms with E-state index in [0.717, 1.165) is 17.1 Å². The molecule has 8 aromatic rings. The van der Waals surface area contributed by atoms with Crippen molar-refractivity contribution in [3.05, 3.63) is 188 Å². The highest BCUT2D eigenvalue weighted by atomic mass is 15.1. The molecule has 8 aromatic carbocycles. The van der Waals surface area contributed by atoms with Crippen molar-refractivity contribution in [1.82, 2.24) is 0 Å². The van der Waals surface area contributed by atoms with Crippen molar-refractivity contribution < 1.29 is 0 Å². The molecule has 0 atom stereocenters. The van der Waals surface area contributed by atoms with Crippen LogP contribution in [0.5, 0.6) is 0 Å². The Hall–Kier alpha value is -5.92. The predicted molar refractivity (Wildman–Crippen MR) is 192 cm³/mol. The van der Waals surface area contributed by atoms with Gasteiger partial charge in [-0.25, -0.2) is 0 Å². The zero-order chi connectivity index (χ0) is 30.0. The summed E-state index contributed by atoms with van der Waals surface area (Å²) in [7, 11) is 0. The van der Waals surface area contributed by atoms with Crippen LogP contribution in [-0.4, -0.2) is 0 Å². The van der Waals surface area contributed by atoms with Gasteiger partial charge in [0.2, 0.25) is 0 Å². The fourth-order valence-corrected chi connectivity index (χ4v) is 6.52. The molecule has 1 nitrogen and oxygen atoms in total. The second-order valence-corrected chi connectivity index (χ2v) is 11.4. The second kappa shape index (κ2) is 11.6. The maximum atomic E-state index is 2.41. The zero-order valence-electron chi connectivity index (χ0n) is 24.8. The van der Waals surface area contributed by atoms with Crippen LogP contribution in [0.25, 0.3) is 54.9 Å². The number of hydrogen-bond donors (Lipinski definition) is 0. The first kappa shape index (κ1) is 26.7. The number of anilines is 3. The molecule has 0 amide bonds. The third-order valence-corrected chi connectivity index (χ3v) is 8.64. The minimum absolute atomic E-state index is 1.11. The van der Waals surface area contributed by atoms with Crippen LogP contribution in [-0.2, 0) is 0 Å². The van der Waals surface area contributed by atoms with Gasteiger partial charge in [-0.1, -0.05) is 158 Å². The first-order valence-corrected chi connectivity index (χ1v) is 15.4. The van der Waals surface area contributed by atoms with Crippen molar-refractivity contribution in [2.45, 2.75) is 0 Å². The van der Waals surface area contributed by atoms with Gasteiger partial charge in [0.05, 0.1) is 5.69 Å². The Morgan fingerprint density at radius 2 is 0.778 bits per heavy atom. The van der Waals surface area contributed by atoms with Gasteiger partial charge in [0.25, 0.3) is 0 Å². The Labute approximate surface area is 264 Å². The highest BCUT2D eigenvalue weighted by Crippen LogP contribution is 2.44. The van der Waals surface area contributed by atoms with Gasteiger partial charge in [0, 0.05) is 16.9 Å². The standard InChI is InChI=1S/C44H31N/c1-3-14-34(15-4-1)43-29-28-36(42-27-13-19-33-17-8-10-25-40(33)42)31-44(43)45(37-21-5-2-6-22-37)38-23-11-20-35(30-38)41-26-12-18-32-16-7-9-24-39(32)41/h1-31H. The van der Waals surface area contributed by atoms with E-state index in [1.54, 1.807) is 0 Å². The maximum Gasteiger partial charge on any atom is 0.0546 e. The van der Waals surface area contributed by atoms with Crippen molar-refractivity contribution in [3.63, 3.8) is 0 Å². The van der Waals surface area contributed by atoms with Gasteiger partial charge in [0.1, 0.15) is 0 Å². The SMILES string of the molecule is c1ccc(-c2ccc(-c3cccc4ccccc34)cc2N(c2ccccc2)c2cccc(-c3cccc4ccccc34)c2)cc1. The van der Waals surface area contributed by atoms with E-state index >= 15 is 0 Å². The molecule has 0 unspecified atom stereocenters. The number of para-hydroxylation sites is 1. The molecule has 0 aliphatic carbocycles. The molecule has 0 saturated carbocycles. The molecule has 0 heterocycles. The number of nitrogens with zero attached hydrogens (tertiary/aromatic N) is 1. The lowest BCUT2D eigenvalue weighted by Crippen LogP contribution is -2.11. The van der Waals surface area contributed by atoms with Crippen molar-refractivity contribution >= 4 is 38.6 Å². The number of benzene rings is 8. The predicted octanol–water partition coefficient (Wildman–Crippen LogP) is 12.5. The molecule has 0 spiro atoms. The summed E-state index contributed by atoms with van der Waals surface area (Å²) in [6.07, 6.45) is 0. The molecule has 0 aliphatic heterocycles. The van der Waals surface area contributed by atoms with Crippen molar-refractivity contribution in [3.8, 4) is 33.4 Å². The lowest BCUT2D eigenvalue weighted by molar-refractivity contribution is 1.28. The highest BCUT2D eigenvalue weighted by molar-refractivity contribution is 6.00. The largest absolute Gasteiger partial charge is 0.310 e. The fourth-order valence-electron chi connectivity index (χ4n) is 6.52. The molecular formula is C44H31N. The normalized spacial score (nSPS) is 11.1. The van der Waals surface area contributed by atoms with Crippen molar-refractivity contribution in [2.75, 3.05) is 4.90 Å². The van der Waals surface area contributed by atoms with Gasteiger partial charge in [-0.3, -0.25) is 0 Å². The van der Waals surface area contributed by atoms with Gasteiger partial charge in [0.15, 0.2) is 0 Å². The Bertz CT molecular complexity index is 2260. The molecule has 0 saturated heterocycles. The highest BCUT2D eigenvalue weighted by Gasteiger charge is 2.19. The molecule has 1 heteroatoms. The summed E-state index contributed by atoms with van der Waals surface area (Å²) < 4.78 is 0. The Balaban J connectivity index is 1.38. The van der Waals surface area contributed by atoms with Crippen LogP contribution >= 0.6 is 0 Å². The number of rotatable bonds is 6. The van der Waals surface area contributed by atoms with Crippen LogP contribution in [0.2, 0.25) is 0 Å². The zero-order valence-corrected chi connectivity index (χ0v) is 24.8. The monoisotopic (exact) mass is 573 g/mol. The summed E-state index contributed by atoms with van der Waals surface area (Å²) in [5.41, 5.74) is 10.6. The lowest BCUT2D eigenvalue weighted by Gasteiger charge is -2.29. The molecule has 0 fully saturated rings. The fraction of sp³-hybridized carbons (Fsp3) is 0. The van der Waals surface area contributed by atoms with Gasteiger partial charge in [-0.15, -0.1) is 0 Å². The Morgan fingerprint density at radius 1 is 0.289 bits per heavy atom. The average Bonchev–Trinajstić information content (AvgIpc) is 3.12. The molecule has 8 rings (SSSR count). The van der Waals surface area contributed by atoms with E-state index in [4.69, 9.17) is 0 Å². The van der Waals surface area contributed by atoms with Crippen LogP contribution in [0, 0.1) is 0 Å². The van der Waals surface area contributed by atoms with Gasteiger partial charge in [-0.05, 0) is 79.7 Å². The summed E-state index contributed by atoms with van der Waals surface area (Å²) in [6.45, 7) is 0. The summed E-state index contributed by atoms with van der Waals surface area (Å²) in [5.74, 6) is 0. The van der Waals surface area contributed by atoms with Gasteiger partial charge >= 0.3 is 0 Å². The molecule has 45 heavy (non-hydrogen) atoms. The van der Waals surface area contributed by atoms with Gasteiger partial charge in [-0.2, -0.15) is 0 Å². The van der Waals surface area contributed by atoms with E-state index in [9.17, 15) is 0 Å². The maximum absolute atomic E-state index is 2.41. The van der Waals surface area contributed by atoms with E-state index in [2.05, 4.69) is 193 Å². The third kappa shape index (κ3) is 5.05. The van der Waals surface area contributed by atoms with Crippen LogP contribution in [0.3, 0.4) is 0 Å². The van der Waals surface area contributed by atoms with Crippen LogP contribution in [0.15, 0.2) is 188 Å². The van der Waals surface area contributed by atoms with E-state index in [0.29, 0.717) is 0 Å².